The second-order valence-electron chi connectivity index (χ2n) is 9.16. The molecule has 0 heterocycles. The number of carboxylic acid groups (broad SMARTS) is 1. The Morgan fingerprint density at radius 1 is 0.943 bits per heavy atom. The number of hydrogen-bond acceptors (Lipinski definition) is 5. The topological polar surface area (TPSA) is 114 Å². The number of carbonyl (C=O) groups excluding carboxylic acids is 2. The second kappa shape index (κ2) is 11.8. The lowest BCUT2D eigenvalue weighted by atomic mass is 9.98. The standard InChI is InChI=1S/C27H32N2O6/c30-25(29-19-10-9-18(15-19)16-26(31)32)11-13-34-14-12-28-27(33)35-17-24-22-7-3-1-5-20(22)21-6-2-4-8-23(21)24/h1-8,18-19,24H,9-17H2,(H,28,33)(H,29,30)(H,31,32)/t18-,19+/m0/s1. The third-order valence-electron chi connectivity index (χ3n) is 6.70. The lowest BCUT2D eigenvalue weighted by molar-refractivity contribution is -0.138. The number of carboxylic acids is 1. The van der Waals surface area contributed by atoms with Crippen molar-refractivity contribution < 1.29 is 29.0 Å². The van der Waals surface area contributed by atoms with Crippen LogP contribution >= 0.6 is 0 Å². The number of nitrogens with one attached hydrogen (secondary N) is 2. The summed E-state index contributed by atoms with van der Waals surface area (Å²) in [5, 5.41) is 14.5. The van der Waals surface area contributed by atoms with Crippen molar-refractivity contribution in [2.45, 2.75) is 44.1 Å². The number of carbonyl (C=O) groups is 3. The van der Waals surface area contributed by atoms with E-state index < -0.39 is 12.1 Å². The molecule has 0 aromatic heterocycles. The molecule has 0 bridgehead atoms. The molecular formula is C27H32N2O6. The molecular weight excluding hydrogens is 448 g/mol. The van der Waals surface area contributed by atoms with Crippen molar-refractivity contribution in [1.29, 1.82) is 0 Å². The van der Waals surface area contributed by atoms with Crippen LogP contribution in [0.5, 0.6) is 0 Å². The molecule has 186 valence electrons. The molecule has 0 radical (unpaired) electrons. The fourth-order valence-corrected chi connectivity index (χ4v) is 5.08. The summed E-state index contributed by atoms with van der Waals surface area (Å²) in [6.07, 6.45) is 2.25. The highest BCUT2D eigenvalue weighted by molar-refractivity contribution is 5.79. The highest BCUT2D eigenvalue weighted by Crippen LogP contribution is 2.44. The zero-order valence-electron chi connectivity index (χ0n) is 19.7. The van der Waals surface area contributed by atoms with E-state index in [1.54, 1.807) is 0 Å². The maximum atomic E-state index is 12.2. The first-order chi connectivity index (χ1) is 17.0. The van der Waals surface area contributed by atoms with Crippen LogP contribution in [-0.2, 0) is 19.1 Å². The van der Waals surface area contributed by atoms with E-state index in [1.165, 1.54) is 11.1 Å². The van der Waals surface area contributed by atoms with Crippen molar-refractivity contribution in [3.8, 4) is 11.1 Å². The number of benzene rings is 2. The maximum Gasteiger partial charge on any atom is 0.407 e. The van der Waals surface area contributed by atoms with Gasteiger partial charge in [-0.25, -0.2) is 4.79 Å². The zero-order chi connectivity index (χ0) is 24.6. The maximum absolute atomic E-state index is 12.2. The van der Waals surface area contributed by atoms with Gasteiger partial charge in [0.2, 0.25) is 5.91 Å². The number of aliphatic carboxylic acids is 1. The quantitative estimate of drug-likeness (QED) is 0.423. The van der Waals surface area contributed by atoms with Gasteiger partial charge in [0.05, 0.1) is 13.2 Å². The predicted octanol–water partition coefficient (Wildman–Crippen LogP) is 3.69. The number of rotatable bonds is 11. The highest BCUT2D eigenvalue weighted by atomic mass is 16.5. The molecule has 2 aromatic carbocycles. The molecule has 8 nitrogen and oxygen atoms in total. The van der Waals surface area contributed by atoms with Crippen molar-refractivity contribution in [3.05, 3.63) is 59.7 Å². The number of ether oxygens (including phenoxy) is 2. The Morgan fingerprint density at radius 3 is 2.31 bits per heavy atom. The molecule has 8 heteroatoms. The van der Waals surface area contributed by atoms with Gasteiger partial charge in [0, 0.05) is 31.3 Å². The van der Waals surface area contributed by atoms with Crippen molar-refractivity contribution in [3.63, 3.8) is 0 Å². The van der Waals surface area contributed by atoms with Gasteiger partial charge in [0.1, 0.15) is 6.61 Å². The third-order valence-corrected chi connectivity index (χ3v) is 6.70. The van der Waals surface area contributed by atoms with E-state index in [0.29, 0.717) is 6.42 Å². The highest BCUT2D eigenvalue weighted by Gasteiger charge is 2.29. The minimum absolute atomic E-state index is 0.0159. The Hall–Kier alpha value is -3.39. The smallest absolute Gasteiger partial charge is 0.407 e. The Labute approximate surface area is 205 Å². The molecule has 0 aliphatic heterocycles. The molecule has 0 unspecified atom stereocenters. The first-order valence-electron chi connectivity index (χ1n) is 12.2. The van der Waals surface area contributed by atoms with Crippen LogP contribution in [0.15, 0.2) is 48.5 Å². The third kappa shape index (κ3) is 6.60. The van der Waals surface area contributed by atoms with Crippen LogP contribution in [0.1, 0.15) is 49.1 Å². The molecule has 2 amide bonds. The van der Waals surface area contributed by atoms with E-state index in [4.69, 9.17) is 14.6 Å². The SMILES string of the molecule is O=C(O)C[C@H]1CC[C@@H](NC(=O)CCOCCNC(=O)OCC2c3ccccc3-c3ccccc32)C1. The summed E-state index contributed by atoms with van der Waals surface area (Å²) in [5.41, 5.74) is 4.70. The van der Waals surface area contributed by atoms with Gasteiger partial charge < -0.3 is 25.2 Å². The lowest BCUT2D eigenvalue weighted by Crippen LogP contribution is -2.34. The normalized spacial score (nSPS) is 18.5. The van der Waals surface area contributed by atoms with Crippen LogP contribution in [0.4, 0.5) is 4.79 Å². The average Bonchev–Trinajstić information content (AvgIpc) is 3.41. The Kier molecular flexibility index (Phi) is 8.36. The minimum atomic E-state index is -0.790. The van der Waals surface area contributed by atoms with Crippen molar-refractivity contribution >= 4 is 18.0 Å². The summed E-state index contributed by atoms with van der Waals surface area (Å²) < 4.78 is 10.9. The summed E-state index contributed by atoms with van der Waals surface area (Å²) in [4.78, 5) is 35.0. The monoisotopic (exact) mass is 480 g/mol. The Bertz CT molecular complexity index is 1010. The first-order valence-corrected chi connectivity index (χ1v) is 12.2. The van der Waals surface area contributed by atoms with Crippen molar-refractivity contribution in [2.24, 2.45) is 5.92 Å². The molecule has 2 aliphatic rings. The van der Waals surface area contributed by atoms with E-state index in [9.17, 15) is 14.4 Å². The van der Waals surface area contributed by atoms with E-state index in [-0.39, 0.29) is 63.0 Å². The molecule has 0 saturated heterocycles. The molecule has 0 spiro atoms. The van der Waals surface area contributed by atoms with Gasteiger partial charge in [0.25, 0.3) is 0 Å². The largest absolute Gasteiger partial charge is 0.481 e. The minimum Gasteiger partial charge on any atom is -0.481 e. The Balaban J connectivity index is 1.09. The fourth-order valence-electron chi connectivity index (χ4n) is 5.08. The fraction of sp³-hybridized carbons (Fsp3) is 0.444. The van der Waals surface area contributed by atoms with Gasteiger partial charge in [-0.15, -0.1) is 0 Å². The molecule has 2 aromatic rings. The van der Waals surface area contributed by atoms with Crippen molar-refractivity contribution in [2.75, 3.05) is 26.4 Å². The van der Waals surface area contributed by atoms with Gasteiger partial charge in [-0.3, -0.25) is 9.59 Å². The number of amides is 2. The zero-order valence-corrected chi connectivity index (χ0v) is 19.7. The van der Waals surface area contributed by atoms with Crippen LogP contribution in [-0.4, -0.2) is 55.5 Å². The Morgan fingerprint density at radius 2 is 1.63 bits per heavy atom. The molecule has 35 heavy (non-hydrogen) atoms. The molecule has 2 atom stereocenters. The van der Waals surface area contributed by atoms with E-state index >= 15 is 0 Å². The molecule has 3 N–H and O–H groups in total. The van der Waals surface area contributed by atoms with Gasteiger partial charge in [-0.2, -0.15) is 0 Å². The van der Waals surface area contributed by atoms with Crippen LogP contribution in [0.3, 0.4) is 0 Å². The number of hydrogen-bond donors (Lipinski definition) is 3. The molecule has 1 fully saturated rings. The molecule has 4 rings (SSSR count). The second-order valence-corrected chi connectivity index (χ2v) is 9.16. The summed E-state index contributed by atoms with van der Waals surface area (Å²) in [6, 6.07) is 16.4. The predicted molar refractivity (Wildman–Crippen MR) is 130 cm³/mol. The van der Waals surface area contributed by atoms with Gasteiger partial charge >= 0.3 is 12.1 Å². The van der Waals surface area contributed by atoms with E-state index in [2.05, 4.69) is 34.9 Å². The van der Waals surface area contributed by atoms with Crippen LogP contribution in [0.2, 0.25) is 0 Å². The lowest BCUT2D eigenvalue weighted by Gasteiger charge is -2.15. The summed E-state index contributed by atoms with van der Waals surface area (Å²) >= 11 is 0. The number of alkyl carbamates (subject to hydrolysis) is 1. The summed E-state index contributed by atoms with van der Waals surface area (Å²) in [7, 11) is 0. The van der Waals surface area contributed by atoms with Crippen molar-refractivity contribution in [1.82, 2.24) is 10.6 Å². The van der Waals surface area contributed by atoms with Gasteiger partial charge in [-0.1, -0.05) is 48.5 Å². The summed E-state index contributed by atoms with van der Waals surface area (Å²) in [6.45, 7) is 1.08. The van der Waals surface area contributed by atoms with Crippen LogP contribution in [0, 0.1) is 5.92 Å². The molecule has 1 saturated carbocycles. The first kappa shape index (κ1) is 24.7. The number of fused-ring (bicyclic) bond motifs is 3. The van der Waals surface area contributed by atoms with Crippen LogP contribution in [0.25, 0.3) is 11.1 Å². The summed E-state index contributed by atoms with van der Waals surface area (Å²) in [5.74, 6) is -0.738. The van der Waals surface area contributed by atoms with Gasteiger partial charge in [-0.05, 0) is 47.4 Å². The van der Waals surface area contributed by atoms with E-state index in [1.807, 2.05) is 24.3 Å². The van der Waals surface area contributed by atoms with E-state index in [0.717, 1.165) is 24.0 Å². The molecule has 2 aliphatic carbocycles. The average molecular weight is 481 g/mol. The van der Waals surface area contributed by atoms with Crippen LogP contribution < -0.4 is 10.6 Å². The van der Waals surface area contributed by atoms with Gasteiger partial charge in [0.15, 0.2) is 0 Å².